The molecule has 1 aromatic rings. The Bertz CT molecular complexity index is 510. The van der Waals surface area contributed by atoms with Crippen molar-refractivity contribution in [2.24, 2.45) is 4.99 Å². The van der Waals surface area contributed by atoms with Gasteiger partial charge in [0.2, 0.25) is 5.91 Å². The monoisotopic (exact) mass is 330 g/mol. The highest BCUT2D eigenvalue weighted by atomic mass is 35.5. The maximum atomic E-state index is 11.1. The first-order valence-corrected chi connectivity index (χ1v) is 7.95. The number of carbonyl (C=O) groups excluding carboxylic acids is 1. The van der Waals surface area contributed by atoms with E-state index in [1.165, 1.54) is 11.3 Å². The summed E-state index contributed by atoms with van der Waals surface area (Å²) >= 11 is 7.21. The Morgan fingerprint density at radius 1 is 1.67 bits per heavy atom. The molecule has 0 bridgehead atoms. The Hall–Kier alpha value is -1.31. The number of hydrogen-bond donors (Lipinski definition) is 4. The third-order valence-electron chi connectivity index (χ3n) is 3.22. The maximum absolute atomic E-state index is 11.1. The summed E-state index contributed by atoms with van der Waals surface area (Å²) in [5.41, 5.74) is 0. The number of carbonyl (C=O) groups is 1. The van der Waals surface area contributed by atoms with Crippen LogP contribution in [0.2, 0.25) is 4.34 Å². The zero-order valence-corrected chi connectivity index (χ0v) is 13.3. The standard InChI is InChI=1S/C13H19ClN4O2S/c1-15-13(18-8-2-5-12(20)16-6-8)17-7-9(19)10-3-4-11(14)21-10/h3-4,8-9,19H,2,5-7H2,1H3,(H,16,20)(H2,15,17,18). The molecular formula is C13H19ClN4O2S. The lowest BCUT2D eigenvalue weighted by molar-refractivity contribution is -0.122. The van der Waals surface area contributed by atoms with E-state index < -0.39 is 6.10 Å². The molecule has 2 unspecified atom stereocenters. The van der Waals surface area contributed by atoms with Crippen molar-refractivity contribution >= 4 is 34.8 Å². The first-order valence-electron chi connectivity index (χ1n) is 6.75. The van der Waals surface area contributed by atoms with Crippen LogP contribution in [0.5, 0.6) is 0 Å². The molecule has 1 fully saturated rings. The van der Waals surface area contributed by atoms with Gasteiger partial charge >= 0.3 is 0 Å². The van der Waals surface area contributed by atoms with Crippen molar-refractivity contribution in [1.29, 1.82) is 0 Å². The number of rotatable bonds is 4. The first kappa shape index (κ1) is 16.1. The normalized spacial score (nSPS) is 20.8. The molecule has 2 rings (SSSR count). The van der Waals surface area contributed by atoms with E-state index in [2.05, 4.69) is 20.9 Å². The van der Waals surface area contributed by atoms with Gasteiger partial charge in [-0.05, 0) is 18.6 Å². The maximum Gasteiger partial charge on any atom is 0.220 e. The molecule has 0 spiro atoms. The van der Waals surface area contributed by atoms with Crippen LogP contribution >= 0.6 is 22.9 Å². The second-order valence-corrected chi connectivity index (χ2v) is 6.54. The number of aliphatic imine (C=N–C) groups is 1. The van der Waals surface area contributed by atoms with Crippen molar-refractivity contribution in [3.05, 3.63) is 21.3 Å². The molecule has 1 aliphatic heterocycles. The molecule has 6 nitrogen and oxygen atoms in total. The van der Waals surface area contributed by atoms with E-state index >= 15 is 0 Å². The predicted octanol–water partition coefficient (Wildman–Crippen LogP) is 0.878. The molecule has 2 atom stereocenters. The Morgan fingerprint density at radius 3 is 3.05 bits per heavy atom. The van der Waals surface area contributed by atoms with Gasteiger partial charge in [0.15, 0.2) is 5.96 Å². The second-order valence-electron chi connectivity index (χ2n) is 4.79. The van der Waals surface area contributed by atoms with Gasteiger partial charge in [0, 0.05) is 37.5 Å². The minimum Gasteiger partial charge on any atom is -0.386 e. The third-order valence-corrected chi connectivity index (χ3v) is 4.55. The fourth-order valence-electron chi connectivity index (χ4n) is 2.05. The molecule has 1 saturated heterocycles. The molecular weight excluding hydrogens is 312 g/mol. The molecule has 21 heavy (non-hydrogen) atoms. The molecule has 0 aromatic carbocycles. The lowest BCUT2D eigenvalue weighted by atomic mass is 10.1. The van der Waals surface area contributed by atoms with E-state index in [0.717, 1.165) is 11.3 Å². The van der Waals surface area contributed by atoms with Gasteiger partial charge in [-0.15, -0.1) is 11.3 Å². The number of guanidine groups is 1. The quantitative estimate of drug-likeness (QED) is 0.487. The molecule has 0 aliphatic carbocycles. The Labute approximate surface area is 132 Å². The largest absolute Gasteiger partial charge is 0.386 e. The average Bonchev–Trinajstić information content (AvgIpc) is 2.92. The summed E-state index contributed by atoms with van der Waals surface area (Å²) in [5.74, 6) is 0.693. The highest BCUT2D eigenvalue weighted by Gasteiger charge is 2.19. The van der Waals surface area contributed by atoms with Crippen LogP contribution in [0, 0.1) is 0 Å². The van der Waals surface area contributed by atoms with E-state index in [0.29, 0.717) is 29.8 Å². The van der Waals surface area contributed by atoms with Crippen LogP contribution in [0.15, 0.2) is 17.1 Å². The van der Waals surface area contributed by atoms with Crippen LogP contribution in [0.25, 0.3) is 0 Å². The number of piperidine rings is 1. The van der Waals surface area contributed by atoms with Gasteiger partial charge in [-0.1, -0.05) is 11.6 Å². The molecule has 1 aliphatic rings. The fraction of sp³-hybridized carbons (Fsp3) is 0.538. The van der Waals surface area contributed by atoms with Gasteiger partial charge < -0.3 is 21.1 Å². The molecule has 0 radical (unpaired) electrons. The summed E-state index contributed by atoms with van der Waals surface area (Å²) in [6.07, 6.45) is 0.660. The highest BCUT2D eigenvalue weighted by Crippen LogP contribution is 2.26. The SMILES string of the molecule is CN=C(NCC(O)c1ccc(Cl)s1)NC1CCC(=O)NC1. The van der Waals surface area contributed by atoms with Crippen molar-refractivity contribution < 1.29 is 9.90 Å². The van der Waals surface area contributed by atoms with Gasteiger partial charge in [0.1, 0.15) is 6.10 Å². The predicted molar refractivity (Wildman–Crippen MR) is 84.8 cm³/mol. The smallest absolute Gasteiger partial charge is 0.220 e. The summed E-state index contributed by atoms with van der Waals surface area (Å²) in [4.78, 5) is 16.0. The van der Waals surface area contributed by atoms with Crippen molar-refractivity contribution in [3.8, 4) is 0 Å². The summed E-state index contributed by atoms with van der Waals surface area (Å²) in [6, 6.07) is 3.73. The van der Waals surface area contributed by atoms with E-state index in [9.17, 15) is 9.90 Å². The molecule has 116 valence electrons. The van der Waals surface area contributed by atoms with E-state index in [-0.39, 0.29) is 11.9 Å². The number of aliphatic hydroxyl groups excluding tert-OH is 1. The van der Waals surface area contributed by atoms with E-state index in [1.54, 1.807) is 13.1 Å². The van der Waals surface area contributed by atoms with Crippen LogP contribution in [-0.2, 0) is 4.79 Å². The van der Waals surface area contributed by atoms with Crippen LogP contribution in [0.4, 0.5) is 0 Å². The molecule has 2 heterocycles. The van der Waals surface area contributed by atoms with Crippen molar-refractivity contribution in [1.82, 2.24) is 16.0 Å². The number of nitrogens with zero attached hydrogens (tertiary/aromatic N) is 1. The lowest BCUT2D eigenvalue weighted by Gasteiger charge is -2.25. The average molecular weight is 331 g/mol. The van der Waals surface area contributed by atoms with E-state index in [1.807, 2.05) is 6.07 Å². The van der Waals surface area contributed by atoms with Crippen molar-refractivity contribution in [2.75, 3.05) is 20.1 Å². The van der Waals surface area contributed by atoms with Crippen LogP contribution in [0.3, 0.4) is 0 Å². The number of aliphatic hydroxyl groups is 1. The molecule has 8 heteroatoms. The van der Waals surface area contributed by atoms with E-state index in [4.69, 9.17) is 11.6 Å². The zero-order valence-electron chi connectivity index (χ0n) is 11.7. The summed E-state index contributed by atoms with van der Waals surface area (Å²) in [6.45, 7) is 0.929. The number of amides is 1. The van der Waals surface area contributed by atoms with Gasteiger partial charge in [-0.3, -0.25) is 9.79 Å². The van der Waals surface area contributed by atoms with Crippen LogP contribution < -0.4 is 16.0 Å². The van der Waals surface area contributed by atoms with Gasteiger partial charge in [-0.2, -0.15) is 0 Å². The summed E-state index contributed by atoms with van der Waals surface area (Å²) in [5, 5.41) is 19.2. The molecule has 4 N–H and O–H groups in total. The molecule has 1 aromatic heterocycles. The van der Waals surface area contributed by atoms with Gasteiger partial charge in [0.25, 0.3) is 0 Å². The third kappa shape index (κ3) is 4.87. The lowest BCUT2D eigenvalue weighted by Crippen LogP contribution is -2.51. The van der Waals surface area contributed by atoms with Crippen molar-refractivity contribution in [3.63, 3.8) is 0 Å². The Balaban J connectivity index is 1.78. The highest BCUT2D eigenvalue weighted by molar-refractivity contribution is 7.16. The minimum atomic E-state index is -0.632. The Morgan fingerprint density at radius 2 is 2.48 bits per heavy atom. The van der Waals surface area contributed by atoms with Gasteiger partial charge in [-0.25, -0.2) is 0 Å². The van der Waals surface area contributed by atoms with Crippen LogP contribution in [0.1, 0.15) is 23.8 Å². The fourth-order valence-corrected chi connectivity index (χ4v) is 3.09. The second kappa shape index (κ2) is 7.63. The summed E-state index contributed by atoms with van der Waals surface area (Å²) in [7, 11) is 1.67. The number of nitrogens with one attached hydrogen (secondary N) is 3. The number of thiophene rings is 1. The minimum absolute atomic E-state index is 0.0843. The van der Waals surface area contributed by atoms with Crippen molar-refractivity contribution in [2.45, 2.75) is 25.0 Å². The molecule has 0 saturated carbocycles. The Kier molecular flexibility index (Phi) is 5.84. The number of halogens is 1. The number of hydrogen-bond acceptors (Lipinski definition) is 4. The van der Waals surface area contributed by atoms with Gasteiger partial charge in [0.05, 0.1) is 4.34 Å². The first-order chi connectivity index (χ1) is 10.1. The van der Waals surface area contributed by atoms with Crippen LogP contribution in [-0.4, -0.2) is 43.2 Å². The topological polar surface area (TPSA) is 85.8 Å². The molecule has 1 amide bonds. The zero-order chi connectivity index (χ0) is 15.2. The summed E-state index contributed by atoms with van der Waals surface area (Å²) < 4.78 is 0.657.